The molecule has 132 valence electrons. The molecular weight excluding hydrogens is 332 g/mol. The molecule has 0 amide bonds. The zero-order chi connectivity index (χ0) is 17.7. The van der Waals surface area contributed by atoms with E-state index in [0.29, 0.717) is 25.2 Å². The molecule has 24 heavy (non-hydrogen) atoms. The molecule has 0 aliphatic carbocycles. The smallest absolute Gasteiger partial charge is 0.322 e. The fraction of sp³-hybridized carbons (Fsp3) is 0.500. The van der Waals surface area contributed by atoms with Crippen LogP contribution < -0.4 is 0 Å². The van der Waals surface area contributed by atoms with Gasteiger partial charge in [-0.05, 0) is 50.8 Å². The quantitative estimate of drug-likeness (QED) is 0.623. The minimum atomic E-state index is -3.83. The van der Waals surface area contributed by atoms with Gasteiger partial charge in [-0.15, -0.1) is 0 Å². The third-order valence-electron chi connectivity index (χ3n) is 3.95. The van der Waals surface area contributed by atoms with E-state index in [4.69, 9.17) is 4.84 Å². The Morgan fingerprint density at radius 2 is 2.00 bits per heavy atom. The van der Waals surface area contributed by atoms with E-state index >= 15 is 0 Å². The summed E-state index contributed by atoms with van der Waals surface area (Å²) in [6, 6.07) is 5.24. The predicted octanol–water partition coefficient (Wildman–Crippen LogP) is 2.07. The van der Waals surface area contributed by atoms with Crippen LogP contribution in [0.15, 0.2) is 34.3 Å². The molecule has 2 rings (SSSR count). The number of carboxylic acids is 1. The van der Waals surface area contributed by atoms with Crippen molar-refractivity contribution in [2.75, 3.05) is 13.2 Å². The van der Waals surface area contributed by atoms with Crippen molar-refractivity contribution < 1.29 is 23.2 Å². The lowest BCUT2D eigenvalue weighted by molar-refractivity contribution is -0.142. The van der Waals surface area contributed by atoms with Crippen LogP contribution in [-0.4, -0.2) is 48.7 Å². The van der Waals surface area contributed by atoms with Crippen LogP contribution in [0.5, 0.6) is 0 Å². The summed E-state index contributed by atoms with van der Waals surface area (Å²) in [5, 5.41) is 13.2. The van der Waals surface area contributed by atoms with E-state index in [1.807, 2.05) is 6.92 Å². The van der Waals surface area contributed by atoms with Crippen LogP contribution >= 0.6 is 0 Å². The molecule has 1 fully saturated rings. The van der Waals surface area contributed by atoms with Gasteiger partial charge in [-0.1, -0.05) is 17.3 Å². The average molecular weight is 354 g/mol. The van der Waals surface area contributed by atoms with Gasteiger partial charge in [0, 0.05) is 6.54 Å². The monoisotopic (exact) mass is 354 g/mol. The lowest BCUT2D eigenvalue weighted by atomic mass is 10.1. The maximum absolute atomic E-state index is 12.8. The highest BCUT2D eigenvalue weighted by molar-refractivity contribution is 7.89. The average Bonchev–Trinajstić information content (AvgIpc) is 2.59. The Labute approximate surface area is 142 Å². The number of carbonyl (C=O) groups is 1. The van der Waals surface area contributed by atoms with Crippen molar-refractivity contribution in [2.24, 2.45) is 5.16 Å². The largest absolute Gasteiger partial charge is 0.480 e. The van der Waals surface area contributed by atoms with Gasteiger partial charge in [0.15, 0.2) is 0 Å². The molecule has 0 spiro atoms. The zero-order valence-corrected chi connectivity index (χ0v) is 14.6. The first-order valence-corrected chi connectivity index (χ1v) is 9.33. The highest BCUT2D eigenvalue weighted by Crippen LogP contribution is 2.25. The Morgan fingerprint density at radius 1 is 1.33 bits per heavy atom. The lowest BCUT2D eigenvalue weighted by Crippen LogP contribution is -2.47. The van der Waals surface area contributed by atoms with Gasteiger partial charge in [-0.3, -0.25) is 4.79 Å². The Bertz CT molecular complexity index is 712. The zero-order valence-electron chi connectivity index (χ0n) is 13.8. The molecule has 1 atom stereocenters. The maximum atomic E-state index is 12.8. The second-order valence-corrected chi connectivity index (χ2v) is 7.47. The number of rotatable bonds is 6. The molecule has 1 unspecified atom stereocenters. The topological polar surface area (TPSA) is 96.3 Å². The Hall–Kier alpha value is -1.93. The minimum absolute atomic E-state index is 0.0867. The number of hydrogen-bond donors (Lipinski definition) is 1. The highest BCUT2D eigenvalue weighted by atomic mass is 32.2. The third kappa shape index (κ3) is 3.93. The van der Waals surface area contributed by atoms with Gasteiger partial charge < -0.3 is 9.94 Å². The van der Waals surface area contributed by atoms with Gasteiger partial charge in [0.2, 0.25) is 10.0 Å². The number of hydrogen-bond acceptors (Lipinski definition) is 5. The molecule has 8 heteroatoms. The van der Waals surface area contributed by atoms with Gasteiger partial charge in [0.25, 0.3) is 0 Å². The van der Waals surface area contributed by atoms with Crippen LogP contribution in [0.1, 0.15) is 38.7 Å². The van der Waals surface area contributed by atoms with Crippen molar-refractivity contribution in [1.82, 2.24) is 4.31 Å². The first-order valence-electron chi connectivity index (χ1n) is 7.89. The number of aliphatic carboxylic acids is 1. The number of benzene rings is 1. The van der Waals surface area contributed by atoms with Crippen LogP contribution in [0.2, 0.25) is 0 Å². The standard InChI is InChI=1S/C16H22N2O5S/c1-3-23-17-12(2)13-7-9-14(10-8-13)24(21,22)18-11-5-4-6-15(18)16(19)20/h7-10,15H,3-6,11H2,1-2H3,(H,19,20)/b17-12-. The minimum Gasteiger partial charge on any atom is -0.480 e. The molecule has 1 aliphatic rings. The molecular formula is C16H22N2O5S. The van der Waals surface area contributed by atoms with Crippen LogP contribution in [-0.2, 0) is 19.7 Å². The molecule has 1 heterocycles. The van der Waals surface area contributed by atoms with Gasteiger partial charge in [0.05, 0.1) is 10.6 Å². The molecule has 1 saturated heterocycles. The summed E-state index contributed by atoms with van der Waals surface area (Å²) < 4.78 is 26.6. The molecule has 1 N–H and O–H groups in total. The highest BCUT2D eigenvalue weighted by Gasteiger charge is 2.37. The molecule has 0 bridgehead atoms. The van der Waals surface area contributed by atoms with Crippen molar-refractivity contribution >= 4 is 21.7 Å². The summed E-state index contributed by atoms with van der Waals surface area (Å²) in [5.41, 5.74) is 1.39. The molecule has 0 saturated carbocycles. The van der Waals surface area contributed by atoms with Crippen molar-refractivity contribution in [1.29, 1.82) is 0 Å². The summed E-state index contributed by atoms with van der Waals surface area (Å²) in [4.78, 5) is 16.4. The first kappa shape index (κ1) is 18.4. The Kier molecular flexibility index (Phi) is 5.95. The molecule has 1 aromatic rings. The van der Waals surface area contributed by atoms with E-state index in [1.54, 1.807) is 19.1 Å². The normalized spacial score (nSPS) is 19.9. The van der Waals surface area contributed by atoms with Gasteiger partial charge >= 0.3 is 5.97 Å². The molecule has 7 nitrogen and oxygen atoms in total. The van der Waals surface area contributed by atoms with E-state index in [0.717, 1.165) is 16.3 Å². The van der Waals surface area contributed by atoms with Crippen molar-refractivity contribution in [3.05, 3.63) is 29.8 Å². The van der Waals surface area contributed by atoms with Crippen LogP contribution in [0.4, 0.5) is 0 Å². The van der Waals surface area contributed by atoms with Gasteiger partial charge in [0.1, 0.15) is 12.6 Å². The summed E-state index contributed by atoms with van der Waals surface area (Å²) in [5.74, 6) is -1.10. The Morgan fingerprint density at radius 3 is 2.58 bits per heavy atom. The second-order valence-electron chi connectivity index (χ2n) is 5.58. The summed E-state index contributed by atoms with van der Waals surface area (Å²) in [6.45, 7) is 4.27. The van der Waals surface area contributed by atoms with E-state index in [-0.39, 0.29) is 11.4 Å². The second kappa shape index (κ2) is 7.76. The SMILES string of the molecule is CCO/N=C(/C)c1ccc(S(=O)(=O)N2CCCCC2C(=O)O)cc1. The summed E-state index contributed by atoms with van der Waals surface area (Å²) in [7, 11) is -3.83. The number of sulfonamides is 1. The van der Waals surface area contributed by atoms with Crippen LogP contribution in [0.3, 0.4) is 0 Å². The Balaban J connectivity index is 2.27. The van der Waals surface area contributed by atoms with E-state index in [1.165, 1.54) is 12.1 Å². The van der Waals surface area contributed by atoms with E-state index in [9.17, 15) is 18.3 Å². The number of oxime groups is 1. The van der Waals surface area contributed by atoms with Crippen molar-refractivity contribution in [2.45, 2.75) is 44.0 Å². The molecule has 0 radical (unpaired) electrons. The van der Waals surface area contributed by atoms with E-state index < -0.39 is 22.0 Å². The fourth-order valence-electron chi connectivity index (χ4n) is 2.66. The van der Waals surface area contributed by atoms with Crippen LogP contribution in [0, 0.1) is 0 Å². The van der Waals surface area contributed by atoms with Crippen molar-refractivity contribution in [3.8, 4) is 0 Å². The van der Waals surface area contributed by atoms with E-state index in [2.05, 4.69) is 5.16 Å². The third-order valence-corrected chi connectivity index (χ3v) is 5.87. The molecule has 1 aromatic carbocycles. The first-order chi connectivity index (χ1) is 11.4. The summed E-state index contributed by atoms with van der Waals surface area (Å²) >= 11 is 0. The lowest BCUT2D eigenvalue weighted by Gasteiger charge is -2.31. The number of piperidine rings is 1. The molecule has 1 aliphatic heterocycles. The van der Waals surface area contributed by atoms with Gasteiger partial charge in [-0.25, -0.2) is 8.42 Å². The summed E-state index contributed by atoms with van der Waals surface area (Å²) in [6.07, 6.45) is 1.73. The number of nitrogens with zero attached hydrogens (tertiary/aromatic N) is 2. The van der Waals surface area contributed by atoms with Gasteiger partial charge in [-0.2, -0.15) is 4.31 Å². The van der Waals surface area contributed by atoms with Crippen molar-refractivity contribution in [3.63, 3.8) is 0 Å². The molecule has 0 aromatic heterocycles. The predicted molar refractivity (Wildman–Crippen MR) is 89.4 cm³/mol. The van der Waals surface area contributed by atoms with Crippen LogP contribution in [0.25, 0.3) is 0 Å². The maximum Gasteiger partial charge on any atom is 0.322 e. The fourth-order valence-corrected chi connectivity index (χ4v) is 4.31. The number of carboxylic acid groups (broad SMARTS) is 1.